The van der Waals surface area contributed by atoms with E-state index in [1.165, 1.54) is 11.3 Å². The summed E-state index contributed by atoms with van der Waals surface area (Å²) in [5, 5.41) is 5.22. The van der Waals surface area contributed by atoms with Crippen molar-refractivity contribution in [2.24, 2.45) is 0 Å². The predicted octanol–water partition coefficient (Wildman–Crippen LogP) is 2.68. The molecule has 0 amide bonds. The topological polar surface area (TPSA) is 94.5 Å². The molecule has 3 aromatic heterocycles. The molecule has 4 rings (SSSR count). The molecular weight excluding hydrogens is 350 g/mol. The first-order valence-electron chi connectivity index (χ1n) is 8.77. The Morgan fingerprint density at radius 1 is 1.54 bits per heavy atom. The average molecular weight is 371 g/mol. The maximum atomic E-state index is 11.9. The summed E-state index contributed by atoms with van der Waals surface area (Å²) in [6.45, 7) is 4.15. The van der Waals surface area contributed by atoms with Crippen LogP contribution in [0.1, 0.15) is 41.7 Å². The van der Waals surface area contributed by atoms with Crippen LogP contribution in [-0.4, -0.2) is 40.0 Å². The summed E-state index contributed by atoms with van der Waals surface area (Å²) in [5.74, 6) is 0.481. The van der Waals surface area contributed by atoms with E-state index in [4.69, 9.17) is 15.5 Å². The summed E-state index contributed by atoms with van der Waals surface area (Å²) in [6.07, 6.45) is 6.04. The second-order valence-electron chi connectivity index (χ2n) is 6.35. The van der Waals surface area contributed by atoms with Gasteiger partial charge in [0.15, 0.2) is 11.5 Å². The van der Waals surface area contributed by atoms with Crippen molar-refractivity contribution in [3.63, 3.8) is 0 Å². The van der Waals surface area contributed by atoms with Gasteiger partial charge in [0.2, 0.25) is 0 Å². The number of nitrogens with two attached hydrogens (primary N) is 1. The lowest BCUT2D eigenvalue weighted by Gasteiger charge is -2.20. The fraction of sp³-hybridized carbons (Fsp3) is 0.389. The smallest absolute Gasteiger partial charge is 0.338 e. The molecule has 0 aromatic carbocycles. The standard InChI is InChI=1S/C18H21N5O2S/c1-2-25-18(24)12-6-15(26-10-12)14-8-21-16(19)17-22-13(9-23(14)17)11-4-3-5-20-7-11/h6,8-11,20H,2-5,7H2,1H3,(H2,19,21)/t11-/m0/s1. The van der Waals surface area contributed by atoms with Gasteiger partial charge in [-0.15, -0.1) is 11.3 Å². The van der Waals surface area contributed by atoms with Crippen LogP contribution in [0.4, 0.5) is 5.82 Å². The van der Waals surface area contributed by atoms with Gasteiger partial charge in [-0.25, -0.2) is 14.8 Å². The second-order valence-corrected chi connectivity index (χ2v) is 7.26. The molecule has 0 radical (unpaired) electrons. The Labute approximate surface area is 155 Å². The highest BCUT2D eigenvalue weighted by Crippen LogP contribution is 2.31. The molecule has 1 fully saturated rings. The number of fused-ring (bicyclic) bond motifs is 1. The van der Waals surface area contributed by atoms with Crippen molar-refractivity contribution in [3.8, 4) is 10.6 Å². The number of nitrogens with zero attached hydrogens (tertiary/aromatic N) is 3. The first-order chi connectivity index (χ1) is 12.7. The van der Waals surface area contributed by atoms with E-state index in [2.05, 4.69) is 10.3 Å². The summed E-state index contributed by atoms with van der Waals surface area (Å²) in [5.41, 5.74) is 9.17. The van der Waals surface area contributed by atoms with E-state index in [0.717, 1.165) is 42.2 Å². The molecule has 4 heterocycles. The van der Waals surface area contributed by atoms with Gasteiger partial charge in [0, 0.05) is 24.0 Å². The first-order valence-corrected chi connectivity index (χ1v) is 9.65. The van der Waals surface area contributed by atoms with Crippen LogP contribution in [-0.2, 0) is 4.74 Å². The van der Waals surface area contributed by atoms with E-state index in [1.54, 1.807) is 18.5 Å². The van der Waals surface area contributed by atoms with Crippen molar-refractivity contribution in [2.45, 2.75) is 25.7 Å². The molecule has 0 unspecified atom stereocenters. The lowest BCUT2D eigenvalue weighted by molar-refractivity contribution is 0.0527. The molecule has 1 aliphatic rings. The van der Waals surface area contributed by atoms with Gasteiger partial charge in [0.1, 0.15) is 0 Å². The zero-order chi connectivity index (χ0) is 18.1. The van der Waals surface area contributed by atoms with Gasteiger partial charge in [0.05, 0.1) is 34.6 Å². The largest absolute Gasteiger partial charge is 0.462 e. The van der Waals surface area contributed by atoms with Crippen molar-refractivity contribution in [1.29, 1.82) is 0 Å². The van der Waals surface area contributed by atoms with Gasteiger partial charge < -0.3 is 15.8 Å². The number of imidazole rings is 1. The quantitative estimate of drug-likeness (QED) is 0.685. The minimum absolute atomic E-state index is 0.311. The van der Waals surface area contributed by atoms with Crippen LogP contribution in [0.15, 0.2) is 23.8 Å². The van der Waals surface area contributed by atoms with Crippen LogP contribution in [0.3, 0.4) is 0 Å². The molecule has 0 saturated carbocycles. The van der Waals surface area contributed by atoms with E-state index >= 15 is 0 Å². The van der Waals surface area contributed by atoms with Gasteiger partial charge in [-0.3, -0.25) is 4.40 Å². The van der Waals surface area contributed by atoms with Crippen LogP contribution in [0.2, 0.25) is 0 Å². The number of nitrogens with one attached hydrogen (secondary N) is 1. The van der Waals surface area contributed by atoms with E-state index in [9.17, 15) is 4.79 Å². The molecule has 0 bridgehead atoms. The third-order valence-corrected chi connectivity index (χ3v) is 5.57. The summed E-state index contributed by atoms with van der Waals surface area (Å²) in [7, 11) is 0. The van der Waals surface area contributed by atoms with E-state index in [-0.39, 0.29) is 5.97 Å². The highest BCUT2D eigenvalue weighted by molar-refractivity contribution is 7.13. The SMILES string of the molecule is CCOC(=O)c1csc(-c2cnc(N)c3nc([C@H]4CCCNC4)cn23)c1. The van der Waals surface area contributed by atoms with Crippen LogP contribution < -0.4 is 11.1 Å². The first kappa shape index (κ1) is 17.0. The Bertz CT molecular complexity index is 942. The highest BCUT2D eigenvalue weighted by Gasteiger charge is 2.21. The van der Waals surface area contributed by atoms with Gasteiger partial charge in [-0.2, -0.15) is 0 Å². The number of hydrogen-bond acceptors (Lipinski definition) is 7. The fourth-order valence-corrected chi connectivity index (χ4v) is 4.17. The number of carbonyl (C=O) groups is 1. The summed E-state index contributed by atoms with van der Waals surface area (Å²) < 4.78 is 7.05. The zero-order valence-electron chi connectivity index (χ0n) is 14.6. The van der Waals surface area contributed by atoms with Crippen LogP contribution in [0.5, 0.6) is 0 Å². The maximum absolute atomic E-state index is 11.9. The molecule has 1 aliphatic heterocycles. The van der Waals surface area contributed by atoms with Crippen LogP contribution >= 0.6 is 11.3 Å². The average Bonchev–Trinajstić information content (AvgIpc) is 3.31. The number of piperidine rings is 1. The Balaban J connectivity index is 1.74. The molecule has 7 nitrogen and oxygen atoms in total. The van der Waals surface area contributed by atoms with Gasteiger partial charge in [0.25, 0.3) is 0 Å². The predicted molar refractivity (Wildman–Crippen MR) is 102 cm³/mol. The number of rotatable bonds is 4. The summed E-state index contributed by atoms with van der Waals surface area (Å²) in [4.78, 5) is 21.9. The van der Waals surface area contributed by atoms with E-state index in [0.29, 0.717) is 29.6 Å². The number of anilines is 1. The third kappa shape index (κ3) is 3.06. The Hall–Kier alpha value is -2.45. The normalized spacial score (nSPS) is 17.5. The molecule has 8 heteroatoms. The van der Waals surface area contributed by atoms with E-state index in [1.807, 2.05) is 16.7 Å². The minimum Gasteiger partial charge on any atom is -0.462 e. The lowest BCUT2D eigenvalue weighted by atomic mass is 9.97. The number of nitrogen functional groups attached to an aromatic ring is 1. The number of hydrogen-bond donors (Lipinski definition) is 2. The molecule has 0 aliphatic carbocycles. The van der Waals surface area contributed by atoms with Crippen molar-refractivity contribution >= 4 is 28.8 Å². The molecule has 26 heavy (non-hydrogen) atoms. The number of carbonyl (C=O) groups excluding carboxylic acids is 1. The lowest BCUT2D eigenvalue weighted by Crippen LogP contribution is -2.28. The monoisotopic (exact) mass is 371 g/mol. The number of esters is 1. The molecule has 1 saturated heterocycles. The number of thiophene rings is 1. The van der Waals surface area contributed by atoms with Crippen molar-refractivity contribution in [1.82, 2.24) is 19.7 Å². The zero-order valence-corrected chi connectivity index (χ0v) is 15.4. The maximum Gasteiger partial charge on any atom is 0.338 e. The van der Waals surface area contributed by atoms with Gasteiger partial charge in [-0.05, 0) is 32.4 Å². The van der Waals surface area contributed by atoms with Gasteiger partial charge >= 0.3 is 5.97 Å². The van der Waals surface area contributed by atoms with Crippen molar-refractivity contribution in [2.75, 3.05) is 25.4 Å². The molecule has 136 valence electrons. The van der Waals surface area contributed by atoms with Gasteiger partial charge in [-0.1, -0.05) is 0 Å². The van der Waals surface area contributed by atoms with Crippen molar-refractivity contribution < 1.29 is 9.53 Å². The summed E-state index contributed by atoms with van der Waals surface area (Å²) >= 11 is 1.48. The van der Waals surface area contributed by atoms with Crippen LogP contribution in [0.25, 0.3) is 16.2 Å². The van der Waals surface area contributed by atoms with E-state index < -0.39 is 0 Å². The molecule has 1 atom stereocenters. The van der Waals surface area contributed by atoms with Crippen LogP contribution in [0, 0.1) is 0 Å². The number of aromatic nitrogens is 3. The minimum atomic E-state index is -0.311. The third-order valence-electron chi connectivity index (χ3n) is 4.62. The summed E-state index contributed by atoms with van der Waals surface area (Å²) in [6, 6.07) is 1.83. The molecule has 3 N–H and O–H groups in total. The second kappa shape index (κ2) is 7.05. The fourth-order valence-electron chi connectivity index (χ4n) is 3.29. The Morgan fingerprint density at radius 2 is 2.42 bits per heavy atom. The van der Waals surface area contributed by atoms with Crippen molar-refractivity contribution in [3.05, 3.63) is 35.1 Å². The Morgan fingerprint density at radius 3 is 3.19 bits per heavy atom. The molecule has 0 spiro atoms. The Kier molecular flexibility index (Phi) is 4.60. The highest BCUT2D eigenvalue weighted by atomic mass is 32.1. The molecule has 3 aromatic rings. The number of ether oxygens (including phenoxy) is 1. The molecular formula is C18H21N5O2S.